The molecule has 0 saturated heterocycles. The number of halogens is 3. The van der Waals surface area contributed by atoms with Gasteiger partial charge in [-0.15, -0.1) is 12.3 Å². The third-order valence-corrected chi connectivity index (χ3v) is 1.96. The molecule has 0 aromatic carbocycles. The third kappa shape index (κ3) is 3.02. The van der Waals surface area contributed by atoms with Crippen LogP contribution in [0.1, 0.15) is 6.42 Å². The van der Waals surface area contributed by atoms with E-state index in [0.29, 0.717) is 0 Å². The van der Waals surface area contributed by atoms with E-state index in [1.54, 1.807) is 0 Å². The third-order valence-electron chi connectivity index (χ3n) is 0.953. The van der Waals surface area contributed by atoms with Crippen LogP contribution in [0.2, 0.25) is 0 Å². The highest BCUT2D eigenvalue weighted by molar-refractivity contribution is 7.99. The summed E-state index contributed by atoms with van der Waals surface area (Å²) < 4.78 is 35.4. The van der Waals surface area contributed by atoms with Crippen molar-refractivity contribution in [1.82, 2.24) is 0 Å². The zero-order chi connectivity index (χ0) is 8.20. The Labute approximate surface area is 62.2 Å². The van der Waals surface area contributed by atoms with Gasteiger partial charge in [0.05, 0.1) is 0 Å². The van der Waals surface area contributed by atoms with Gasteiger partial charge < -0.3 is 0 Å². The maximum atomic E-state index is 11.8. The van der Waals surface area contributed by atoms with Crippen LogP contribution in [0.15, 0.2) is 0 Å². The van der Waals surface area contributed by atoms with Crippen LogP contribution in [0.4, 0.5) is 13.2 Å². The Morgan fingerprint density at radius 3 is 2.20 bits per heavy atom. The molecule has 0 fully saturated rings. The molecule has 0 bridgehead atoms. The number of terminal acetylenes is 1. The second-order valence-electron chi connectivity index (χ2n) is 1.67. The fourth-order valence-corrected chi connectivity index (χ4v) is 0.970. The van der Waals surface area contributed by atoms with E-state index in [-0.39, 0.29) is 6.42 Å². The summed E-state index contributed by atoms with van der Waals surface area (Å²) in [6.45, 7) is 0. The van der Waals surface area contributed by atoms with Gasteiger partial charge in [0, 0.05) is 6.42 Å². The van der Waals surface area contributed by atoms with Gasteiger partial charge in [0.2, 0.25) is 0 Å². The van der Waals surface area contributed by atoms with E-state index in [1.807, 2.05) is 5.92 Å². The highest BCUT2D eigenvalue weighted by atomic mass is 32.2. The van der Waals surface area contributed by atoms with Crippen LogP contribution >= 0.6 is 11.8 Å². The molecule has 0 aromatic heterocycles. The van der Waals surface area contributed by atoms with Crippen molar-refractivity contribution in [2.75, 3.05) is 6.26 Å². The van der Waals surface area contributed by atoms with Crippen LogP contribution in [0.5, 0.6) is 0 Å². The summed E-state index contributed by atoms with van der Waals surface area (Å²) >= 11 is 0.734. The topological polar surface area (TPSA) is 0 Å². The lowest BCUT2D eigenvalue weighted by atomic mass is 10.3. The maximum Gasteiger partial charge on any atom is 0.401 e. The Hall–Kier alpha value is -0.300. The largest absolute Gasteiger partial charge is 0.401 e. The molecule has 0 aliphatic carbocycles. The summed E-state index contributed by atoms with van der Waals surface area (Å²) in [5.74, 6) is 1.98. The molecule has 1 unspecified atom stereocenters. The van der Waals surface area contributed by atoms with Crippen molar-refractivity contribution >= 4 is 11.8 Å². The fourth-order valence-electron chi connectivity index (χ4n) is 0.440. The summed E-state index contributed by atoms with van der Waals surface area (Å²) in [6.07, 6.45) is 1.73. The first-order valence-corrected chi connectivity index (χ1v) is 3.84. The number of thioether (sulfide) groups is 1. The Morgan fingerprint density at radius 1 is 1.60 bits per heavy atom. The Bertz CT molecular complexity index is 133. The SMILES string of the molecule is C#CCC(SC)C(F)(F)F. The molecule has 0 rings (SSSR count). The van der Waals surface area contributed by atoms with Gasteiger partial charge in [0.15, 0.2) is 0 Å². The molecular formula is C6H7F3S. The van der Waals surface area contributed by atoms with Crippen molar-refractivity contribution in [3.8, 4) is 12.3 Å². The van der Waals surface area contributed by atoms with Crippen LogP contribution < -0.4 is 0 Å². The standard InChI is InChI=1S/C6H7F3S/c1-3-4-5(10-2)6(7,8)9/h1,5H,4H2,2H3. The predicted octanol–water partition coefficient (Wildman–Crippen LogP) is 2.30. The van der Waals surface area contributed by atoms with Gasteiger partial charge in [-0.2, -0.15) is 24.9 Å². The van der Waals surface area contributed by atoms with Crippen molar-refractivity contribution in [2.24, 2.45) is 0 Å². The molecule has 0 aliphatic heterocycles. The van der Waals surface area contributed by atoms with E-state index in [1.165, 1.54) is 6.26 Å². The predicted molar refractivity (Wildman–Crippen MR) is 36.8 cm³/mol. The van der Waals surface area contributed by atoms with Gasteiger partial charge in [-0.1, -0.05) is 0 Å². The molecule has 0 saturated carbocycles. The number of hydrogen-bond donors (Lipinski definition) is 0. The lowest BCUT2D eigenvalue weighted by Gasteiger charge is -2.14. The molecule has 0 nitrogen and oxygen atoms in total. The minimum atomic E-state index is -4.16. The van der Waals surface area contributed by atoms with Gasteiger partial charge in [-0.25, -0.2) is 0 Å². The Kier molecular flexibility index (Phi) is 3.66. The first-order valence-electron chi connectivity index (χ1n) is 2.55. The van der Waals surface area contributed by atoms with Crippen LogP contribution in [0.3, 0.4) is 0 Å². The van der Waals surface area contributed by atoms with Crippen molar-refractivity contribution in [3.05, 3.63) is 0 Å². The summed E-state index contributed by atoms with van der Waals surface area (Å²) in [7, 11) is 0. The van der Waals surface area contributed by atoms with Crippen LogP contribution in [-0.4, -0.2) is 17.7 Å². The van der Waals surface area contributed by atoms with Gasteiger partial charge >= 0.3 is 6.18 Å². The van der Waals surface area contributed by atoms with E-state index < -0.39 is 11.4 Å². The van der Waals surface area contributed by atoms with Gasteiger partial charge in [-0.3, -0.25) is 0 Å². The molecule has 0 aromatic rings. The molecule has 1 atom stereocenters. The van der Waals surface area contributed by atoms with E-state index in [4.69, 9.17) is 6.42 Å². The van der Waals surface area contributed by atoms with E-state index in [9.17, 15) is 13.2 Å². The molecule has 4 heteroatoms. The summed E-state index contributed by atoms with van der Waals surface area (Å²) in [6, 6.07) is 0. The van der Waals surface area contributed by atoms with Gasteiger partial charge in [-0.05, 0) is 6.26 Å². The van der Waals surface area contributed by atoms with Gasteiger partial charge in [0.25, 0.3) is 0 Å². The summed E-state index contributed by atoms with van der Waals surface area (Å²) in [4.78, 5) is 0. The van der Waals surface area contributed by atoms with Crippen molar-refractivity contribution in [2.45, 2.75) is 17.8 Å². The zero-order valence-electron chi connectivity index (χ0n) is 5.40. The van der Waals surface area contributed by atoms with E-state index in [2.05, 4.69) is 0 Å². The molecule has 0 spiro atoms. The van der Waals surface area contributed by atoms with Crippen LogP contribution in [0, 0.1) is 12.3 Å². The minimum Gasteiger partial charge on any atom is -0.170 e. The quantitative estimate of drug-likeness (QED) is 0.570. The van der Waals surface area contributed by atoms with Crippen LogP contribution in [-0.2, 0) is 0 Å². The highest BCUT2D eigenvalue weighted by Crippen LogP contribution is 2.30. The zero-order valence-corrected chi connectivity index (χ0v) is 6.22. The number of rotatable bonds is 2. The lowest BCUT2D eigenvalue weighted by molar-refractivity contribution is -0.127. The van der Waals surface area contributed by atoms with Crippen LogP contribution in [0.25, 0.3) is 0 Å². The van der Waals surface area contributed by atoms with E-state index >= 15 is 0 Å². The summed E-state index contributed by atoms with van der Waals surface area (Å²) in [5, 5.41) is -1.41. The van der Waals surface area contributed by atoms with E-state index in [0.717, 1.165) is 11.8 Å². The molecule has 0 radical (unpaired) electrons. The maximum absolute atomic E-state index is 11.8. The molecule has 0 heterocycles. The molecule has 0 N–H and O–H groups in total. The molecule has 10 heavy (non-hydrogen) atoms. The second kappa shape index (κ2) is 3.77. The molecular weight excluding hydrogens is 161 g/mol. The van der Waals surface area contributed by atoms with Crippen molar-refractivity contribution < 1.29 is 13.2 Å². The minimum absolute atomic E-state index is 0.245. The first kappa shape index (κ1) is 9.70. The molecule has 0 amide bonds. The van der Waals surface area contributed by atoms with Crippen molar-refractivity contribution in [3.63, 3.8) is 0 Å². The average molecular weight is 168 g/mol. The highest BCUT2D eigenvalue weighted by Gasteiger charge is 2.38. The average Bonchev–Trinajstić information content (AvgIpc) is 1.80. The summed E-state index contributed by atoms with van der Waals surface area (Å²) in [5.41, 5.74) is 0. The molecule has 0 aliphatic rings. The number of hydrogen-bond acceptors (Lipinski definition) is 1. The number of alkyl halides is 3. The monoisotopic (exact) mass is 168 g/mol. The second-order valence-corrected chi connectivity index (χ2v) is 2.71. The smallest absolute Gasteiger partial charge is 0.170 e. The molecule has 58 valence electrons. The van der Waals surface area contributed by atoms with Crippen molar-refractivity contribution in [1.29, 1.82) is 0 Å². The fraction of sp³-hybridized carbons (Fsp3) is 0.667. The Balaban J connectivity index is 3.97. The Morgan fingerprint density at radius 2 is 2.10 bits per heavy atom. The lowest BCUT2D eigenvalue weighted by Crippen LogP contribution is -2.24. The normalized spacial score (nSPS) is 14.3. The van der Waals surface area contributed by atoms with Gasteiger partial charge in [0.1, 0.15) is 5.25 Å². The first-order chi connectivity index (χ1) is 4.52.